The molecule has 5 nitrogen and oxygen atoms in total. The Hall–Kier alpha value is -2.43. The van der Waals surface area contributed by atoms with E-state index in [0.29, 0.717) is 0 Å². The van der Waals surface area contributed by atoms with E-state index in [1.807, 2.05) is 37.3 Å². The number of amides is 2. The molecule has 0 saturated heterocycles. The predicted molar refractivity (Wildman–Crippen MR) is 77.1 cm³/mol. The van der Waals surface area contributed by atoms with Gasteiger partial charge in [-0.25, -0.2) is 4.79 Å². The van der Waals surface area contributed by atoms with Gasteiger partial charge in [0.25, 0.3) is 0 Å². The third kappa shape index (κ3) is 2.34. The zero-order valence-corrected chi connectivity index (χ0v) is 11.9. The molecule has 2 heterocycles. The van der Waals surface area contributed by atoms with Gasteiger partial charge in [0.2, 0.25) is 0 Å². The Balaban J connectivity index is 2.58. The molecule has 104 valence electrons. The first-order valence-corrected chi connectivity index (χ1v) is 6.38. The second-order valence-electron chi connectivity index (χ2n) is 4.64. The van der Waals surface area contributed by atoms with Crippen molar-refractivity contribution in [2.24, 2.45) is 0 Å². The van der Waals surface area contributed by atoms with E-state index in [1.54, 1.807) is 37.6 Å². The van der Waals surface area contributed by atoms with Gasteiger partial charge in [-0.15, -0.1) is 0 Å². The Kier molecular flexibility index (Phi) is 3.98. The van der Waals surface area contributed by atoms with Crippen molar-refractivity contribution < 1.29 is 4.79 Å². The smallest absolute Gasteiger partial charge is 0.317 e. The van der Waals surface area contributed by atoms with Crippen molar-refractivity contribution in [1.29, 1.82) is 0 Å². The highest BCUT2D eigenvalue weighted by molar-refractivity contribution is 5.75. The molecule has 0 aliphatic rings. The lowest BCUT2D eigenvalue weighted by Crippen LogP contribution is -2.49. The van der Waals surface area contributed by atoms with Crippen LogP contribution in [0.1, 0.15) is 18.2 Å². The number of nitrogens with one attached hydrogen (secondary N) is 1. The fraction of sp³-hybridized carbons (Fsp3) is 0.267. The zero-order valence-electron chi connectivity index (χ0n) is 11.9. The lowest BCUT2D eigenvalue weighted by atomic mass is 9.87. The summed E-state index contributed by atoms with van der Waals surface area (Å²) in [6.07, 6.45) is 5.19. The minimum Gasteiger partial charge on any atom is -0.341 e. The van der Waals surface area contributed by atoms with Crippen molar-refractivity contribution in [3.63, 3.8) is 0 Å². The van der Waals surface area contributed by atoms with Crippen LogP contribution in [-0.2, 0) is 5.54 Å². The molecule has 0 radical (unpaired) electrons. The zero-order chi connectivity index (χ0) is 14.6. The maximum atomic E-state index is 12.1. The average molecular weight is 270 g/mol. The fourth-order valence-electron chi connectivity index (χ4n) is 2.19. The monoisotopic (exact) mass is 270 g/mol. The number of carbonyl (C=O) groups excluding carboxylic acids is 1. The van der Waals surface area contributed by atoms with Crippen LogP contribution in [0.5, 0.6) is 0 Å². The highest BCUT2D eigenvalue weighted by atomic mass is 16.2. The van der Waals surface area contributed by atoms with E-state index >= 15 is 0 Å². The number of hydrogen-bond donors (Lipinski definition) is 1. The van der Waals surface area contributed by atoms with Gasteiger partial charge >= 0.3 is 6.03 Å². The summed E-state index contributed by atoms with van der Waals surface area (Å²) in [5.74, 6) is 0. The largest absolute Gasteiger partial charge is 0.341 e. The Morgan fingerprint density at radius 2 is 2.05 bits per heavy atom. The van der Waals surface area contributed by atoms with E-state index in [2.05, 4.69) is 15.3 Å². The molecule has 0 unspecified atom stereocenters. The van der Waals surface area contributed by atoms with E-state index in [1.165, 1.54) is 0 Å². The van der Waals surface area contributed by atoms with E-state index in [0.717, 1.165) is 11.3 Å². The van der Waals surface area contributed by atoms with Crippen LogP contribution >= 0.6 is 0 Å². The molecule has 1 N–H and O–H groups in total. The maximum absolute atomic E-state index is 12.1. The lowest BCUT2D eigenvalue weighted by molar-refractivity contribution is 0.166. The SMILES string of the molecule is CNC(=O)N(C)[C@@](C)(c1cccnc1)c1ccccn1. The topological polar surface area (TPSA) is 58.1 Å². The molecule has 0 fully saturated rings. The van der Waals surface area contributed by atoms with Crippen molar-refractivity contribution >= 4 is 6.03 Å². The summed E-state index contributed by atoms with van der Waals surface area (Å²) in [7, 11) is 3.36. The molecule has 0 saturated carbocycles. The highest BCUT2D eigenvalue weighted by Gasteiger charge is 2.37. The van der Waals surface area contributed by atoms with Crippen molar-refractivity contribution in [2.45, 2.75) is 12.5 Å². The summed E-state index contributed by atoms with van der Waals surface area (Å²) < 4.78 is 0. The van der Waals surface area contributed by atoms with E-state index < -0.39 is 5.54 Å². The number of carbonyl (C=O) groups is 1. The van der Waals surface area contributed by atoms with E-state index in [4.69, 9.17) is 0 Å². The van der Waals surface area contributed by atoms with Gasteiger partial charge in [0.05, 0.1) is 5.69 Å². The van der Waals surface area contributed by atoms with Crippen LogP contribution in [-0.4, -0.2) is 35.0 Å². The predicted octanol–water partition coefficient (Wildman–Crippen LogP) is 2.01. The normalized spacial score (nSPS) is 13.3. The number of urea groups is 1. The molecule has 2 amide bonds. The highest BCUT2D eigenvalue weighted by Crippen LogP contribution is 2.32. The minimum absolute atomic E-state index is 0.179. The maximum Gasteiger partial charge on any atom is 0.317 e. The molecular formula is C15H18N4O. The van der Waals surface area contributed by atoms with Crippen LogP contribution in [0.25, 0.3) is 0 Å². The molecular weight excluding hydrogens is 252 g/mol. The molecule has 0 aromatic carbocycles. The van der Waals surface area contributed by atoms with Gasteiger partial charge in [0.15, 0.2) is 0 Å². The molecule has 0 spiro atoms. The Morgan fingerprint density at radius 1 is 1.25 bits per heavy atom. The number of hydrogen-bond acceptors (Lipinski definition) is 3. The molecule has 2 rings (SSSR count). The quantitative estimate of drug-likeness (QED) is 0.928. The molecule has 0 bridgehead atoms. The molecule has 2 aromatic rings. The second kappa shape index (κ2) is 5.69. The first-order valence-electron chi connectivity index (χ1n) is 6.38. The fourth-order valence-corrected chi connectivity index (χ4v) is 2.19. The van der Waals surface area contributed by atoms with Crippen molar-refractivity contribution in [2.75, 3.05) is 14.1 Å². The first kappa shape index (κ1) is 14.0. The van der Waals surface area contributed by atoms with Gasteiger partial charge in [-0.05, 0) is 25.1 Å². The summed E-state index contributed by atoms with van der Waals surface area (Å²) in [5, 5.41) is 2.65. The minimum atomic E-state index is -0.685. The second-order valence-corrected chi connectivity index (χ2v) is 4.64. The van der Waals surface area contributed by atoms with Crippen LogP contribution < -0.4 is 5.32 Å². The molecule has 20 heavy (non-hydrogen) atoms. The third-order valence-corrected chi connectivity index (χ3v) is 3.58. The van der Waals surface area contributed by atoms with Crippen LogP contribution in [0.4, 0.5) is 4.79 Å². The number of aromatic nitrogens is 2. The summed E-state index contributed by atoms with van der Waals surface area (Å²) >= 11 is 0. The van der Waals surface area contributed by atoms with E-state index in [9.17, 15) is 4.79 Å². The standard InChI is InChI=1S/C15H18N4O/c1-15(19(3)14(20)16-2,12-7-6-9-17-11-12)13-8-4-5-10-18-13/h4-11H,1-3H3,(H,16,20)/t15-/m0/s1. The van der Waals surface area contributed by atoms with Crippen molar-refractivity contribution in [3.8, 4) is 0 Å². The lowest BCUT2D eigenvalue weighted by Gasteiger charge is -2.38. The number of rotatable bonds is 3. The van der Waals surface area contributed by atoms with Gasteiger partial charge in [0.1, 0.15) is 5.54 Å². The van der Waals surface area contributed by atoms with Gasteiger partial charge in [0, 0.05) is 38.2 Å². The van der Waals surface area contributed by atoms with Crippen molar-refractivity contribution in [3.05, 3.63) is 60.2 Å². The molecule has 5 heteroatoms. The summed E-state index contributed by atoms with van der Waals surface area (Å²) in [6.45, 7) is 1.96. The Bertz CT molecular complexity index is 531. The average Bonchev–Trinajstić information content (AvgIpc) is 2.54. The van der Waals surface area contributed by atoms with Gasteiger partial charge < -0.3 is 10.2 Å². The Morgan fingerprint density at radius 3 is 2.60 bits per heavy atom. The molecule has 0 aliphatic carbocycles. The van der Waals surface area contributed by atoms with Gasteiger partial charge in [-0.1, -0.05) is 12.1 Å². The third-order valence-electron chi connectivity index (χ3n) is 3.58. The van der Waals surface area contributed by atoms with Crippen molar-refractivity contribution in [1.82, 2.24) is 20.2 Å². The summed E-state index contributed by atoms with van der Waals surface area (Å²) in [5.41, 5.74) is 1.01. The van der Waals surface area contributed by atoms with Crippen LogP contribution in [0.15, 0.2) is 48.9 Å². The number of pyridine rings is 2. The summed E-state index contributed by atoms with van der Waals surface area (Å²) in [6, 6.07) is 9.30. The van der Waals surface area contributed by atoms with Gasteiger partial charge in [-0.2, -0.15) is 0 Å². The Labute approximate surface area is 118 Å². The molecule has 1 atom stereocenters. The summed E-state index contributed by atoms with van der Waals surface area (Å²) in [4.78, 5) is 22.3. The van der Waals surface area contributed by atoms with Crippen LogP contribution in [0.2, 0.25) is 0 Å². The first-order chi connectivity index (χ1) is 9.60. The number of nitrogens with zero attached hydrogens (tertiary/aromatic N) is 3. The van der Waals surface area contributed by atoms with E-state index in [-0.39, 0.29) is 6.03 Å². The molecule has 2 aromatic heterocycles. The molecule has 0 aliphatic heterocycles. The van der Waals surface area contributed by atoms with Crippen LogP contribution in [0.3, 0.4) is 0 Å². The van der Waals surface area contributed by atoms with Gasteiger partial charge in [-0.3, -0.25) is 9.97 Å². The van der Waals surface area contributed by atoms with Crippen LogP contribution in [0, 0.1) is 0 Å².